The first kappa shape index (κ1) is 26.0. The summed E-state index contributed by atoms with van der Waals surface area (Å²) in [5.74, 6) is -1.68. The fourth-order valence-corrected chi connectivity index (χ4v) is 6.54. The van der Waals surface area contributed by atoms with Gasteiger partial charge >= 0.3 is 23.9 Å². The van der Waals surface area contributed by atoms with Crippen LogP contribution in [0.3, 0.4) is 0 Å². The van der Waals surface area contributed by atoms with Crippen LogP contribution >= 0.6 is 0 Å². The minimum absolute atomic E-state index is 0.0513. The van der Waals surface area contributed by atoms with E-state index in [1.807, 2.05) is 6.92 Å². The molecule has 3 rings (SSSR count). The molecule has 0 saturated heterocycles. The van der Waals surface area contributed by atoms with Crippen LogP contribution in [0.1, 0.15) is 66.7 Å². The van der Waals surface area contributed by atoms with E-state index in [-0.39, 0.29) is 48.5 Å². The van der Waals surface area contributed by atoms with Crippen LogP contribution < -0.4 is 0 Å². The zero-order chi connectivity index (χ0) is 25.3. The fraction of sp³-hybridized carbons (Fsp3) is 0.692. The topological polar surface area (TPSA) is 105 Å². The van der Waals surface area contributed by atoms with E-state index in [9.17, 15) is 19.2 Å². The maximum absolute atomic E-state index is 12.3. The van der Waals surface area contributed by atoms with Crippen molar-refractivity contribution < 1.29 is 38.1 Å². The van der Waals surface area contributed by atoms with Gasteiger partial charge in [0.1, 0.15) is 25.4 Å². The maximum Gasteiger partial charge on any atom is 0.337 e. The lowest BCUT2D eigenvalue weighted by Gasteiger charge is -2.60. The number of rotatable bonds is 7. The van der Waals surface area contributed by atoms with E-state index in [0.717, 1.165) is 24.8 Å². The van der Waals surface area contributed by atoms with Crippen LogP contribution in [0.5, 0.6) is 0 Å². The Balaban J connectivity index is 1.96. The molecule has 2 fully saturated rings. The lowest BCUT2D eigenvalue weighted by atomic mass is 9.46. The zero-order valence-corrected chi connectivity index (χ0v) is 20.8. The predicted molar refractivity (Wildman–Crippen MR) is 122 cm³/mol. The Morgan fingerprint density at radius 3 is 2.41 bits per heavy atom. The van der Waals surface area contributed by atoms with Crippen LogP contribution in [0.2, 0.25) is 0 Å². The highest BCUT2D eigenvalue weighted by Gasteiger charge is 2.60. The summed E-state index contributed by atoms with van der Waals surface area (Å²) in [7, 11) is 0. The fourth-order valence-electron chi connectivity index (χ4n) is 6.54. The molecule has 2 saturated carbocycles. The summed E-state index contributed by atoms with van der Waals surface area (Å²) in [6, 6.07) is 0. The van der Waals surface area contributed by atoms with Crippen molar-refractivity contribution in [2.75, 3.05) is 13.2 Å². The molecule has 0 aromatic heterocycles. The van der Waals surface area contributed by atoms with Gasteiger partial charge in [0.25, 0.3) is 0 Å². The molecule has 0 radical (unpaired) electrons. The number of ether oxygens (including phenoxy) is 4. The average molecular weight is 477 g/mol. The van der Waals surface area contributed by atoms with Gasteiger partial charge in [0.15, 0.2) is 0 Å². The number of hydrogen-bond donors (Lipinski definition) is 0. The van der Waals surface area contributed by atoms with Crippen LogP contribution in [0.15, 0.2) is 23.8 Å². The molecule has 0 unspecified atom stereocenters. The number of fused-ring (bicyclic) bond motifs is 1. The van der Waals surface area contributed by atoms with E-state index >= 15 is 0 Å². The van der Waals surface area contributed by atoms with E-state index < -0.39 is 23.5 Å². The molecular weight excluding hydrogens is 440 g/mol. The van der Waals surface area contributed by atoms with Gasteiger partial charge < -0.3 is 18.9 Å². The molecule has 1 heterocycles. The maximum atomic E-state index is 12.3. The summed E-state index contributed by atoms with van der Waals surface area (Å²) < 4.78 is 21.9. The Morgan fingerprint density at radius 2 is 1.85 bits per heavy atom. The first-order valence-corrected chi connectivity index (χ1v) is 11.9. The van der Waals surface area contributed by atoms with E-state index in [0.29, 0.717) is 18.4 Å². The van der Waals surface area contributed by atoms with Gasteiger partial charge in [0.2, 0.25) is 0 Å². The SMILES string of the molecule is C=C1CC[C@@H]2[C@](C)(COC(C)=O)[C@H](OC(C)=O)CC[C@]2(C)[C@H]1C[C@H](OC(C)=O)C1=CCOC1=O. The van der Waals surface area contributed by atoms with Crippen LogP contribution in [0, 0.1) is 22.7 Å². The van der Waals surface area contributed by atoms with Crippen molar-refractivity contribution in [3.05, 3.63) is 23.8 Å². The van der Waals surface area contributed by atoms with Gasteiger partial charge in [0.05, 0.1) is 5.57 Å². The lowest BCUT2D eigenvalue weighted by molar-refractivity contribution is -0.192. The summed E-state index contributed by atoms with van der Waals surface area (Å²) in [5, 5.41) is 0. The largest absolute Gasteiger partial charge is 0.465 e. The quantitative estimate of drug-likeness (QED) is 0.311. The summed E-state index contributed by atoms with van der Waals surface area (Å²) in [6.45, 7) is 13.0. The Hall–Kier alpha value is -2.64. The Kier molecular flexibility index (Phi) is 7.58. The second-order valence-electron chi connectivity index (χ2n) is 10.3. The highest BCUT2D eigenvalue weighted by atomic mass is 16.6. The van der Waals surface area contributed by atoms with Crippen molar-refractivity contribution in [2.24, 2.45) is 22.7 Å². The van der Waals surface area contributed by atoms with E-state index in [2.05, 4.69) is 13.5 Å². The molecule has 0 amide bonds. The van der Waals surface area contributed by atoms with Crippen molar-refractivity contribution in [3.63, 3.8) is 0 Å². The van der Waals surface area contributed by atoms with E-state index in [1.54, 1.807) is 6.08 Å². The lowest BCUT2D eigenvalue weighted by Crippen LogP contribution is -2.59. The summed E-state index contributed by atoms with van der Waals surface area (Å²) in [5.41, 5.74) is 0.530. The van der Waals surface area contributed by atoms with Crippen LogP contribution in [-0.4, -0.2) is 49.3 Å². The van der Waals surface area contributed by atoms with E-state index in [1.165, 1.54) is 20.8 Å². The average Bonchev–Trinajstić information content (AvgIpc) is 3.16. The van der Waals surface area contributed by atoms with Gasteiger partial charge in [-0.1, -0.05) is 26.0 Å². The molecule has 188 valence electrons. The number of carbonyl (C=O) groups excluding carboxylic acids is 4. The third-order valence-corrected chi connectivity index (χ3v) is 8.07. The van der Waals surface area contributed by atoms with Crippen molar-refractivity contribution in [1.29, 1.82) is 0 Å². The third kappa shape index (κ3) is 5.05. The normalized spacial score (nSPS) is 33.8. The third-order valence-electron chi connectivity index (χ3n) is 8.07. The minimum atomic E-state index is -0.726. The van der Waals surface area contributed by atoms with Gasteiger partial charge in [-0.3, -0.25) is 14.4 Å². The zero-order valence-electron chi connectivity index (χ0n) is 20.8. The predicted octanol–water partition coefficient (Wildman–Crippen LogP) is 3.68. The molecule has 8 nitrogen and oxygen atoms in total. The molecule has 0 bridgehead atoms. The van der Waals surface area contributed by atoms with Gasteiger partial charge in [-0.25, -0.2) is 4.79 Å². The molecular formula is C26H36O8. The van der Waals surface area contributed by atoms with Gasteiger partial charge in [-0.05, 0) is 55.4 Å². The summed E-state index contributed by atoms with van der Waals surface area (Å²) in [4.78, 5) is 47.7. The molecule has 3 aliphatic rings. The van der Waals surface area contributed by atoms with E-state index in [4.69, 9.17) is 18.9 Å². The number of allylic oxidation sites excluding steroid dienone is 1. The second kappa shape index (κ2) is 9.92. The van der Waals surface area contributed by atoms with Crippen molar-refractivity contribution >= 4 is 23.9 Å². The van der Waals surface area contributed by atoms with Gasteiger partial charge in [-0.2, -0.15) is 0 Å². The monoisotopic (exact) mass is 476 g/mol. The molecule has 2 aliphatic carbocycles. The Morgan fingerprint density at radius 1 is 1.15 bits per heavy atom. The Labute approximate surface area is 201 Å². The van der Waals surface area contributed by atoms with Crippen molar-refractivity contribution in [2.45, 2.75) is 78.9 Å². The molecule has 8 heteroatoms. The van der Waals surface area contributed by atoms with Crippen molar-refractivity contribution in [3.8, 4) is 0 Å². The van der Waals surface area contributed by atoms with Crippen molar-refractivity contribution in [1.82, 2.24) is 0 Å². The highest BCUT2D eigenvalue weighted by molar-refractivity contribution is 5.92. The Bertz CT molecular complexity index is 904. The number of hydrogen-bond acceptors (Lipinski definition) is 8. The number of esters is 4. The van der Waals surface area contributed by atoms with Crippen LogP contribution in [0.25, 0.3) is 0 Å². The summed E-state index contributed by atoms with van der Waals surface area (Å²) >= 11 is 0. The molecule has 0 aromatic carbocycles. The molecule has 0 N–H and O–H groups in total. The number of carbonyl (C=O) groups is 4. The molecule has 0 aromatic rings. The van der Waals surface area contributed by atoms with Crippen LogP contribution in [0.4, 0.5) is 0 Å². The van der Waals surface area contributed by atoms with Crippen LogP contribution in [-0.2, 0) is 38.1 Å². The number of cyclic esters (lactones) is 1. The standard InChI is InChI=1S/C26H36O8/c1-15-7-8-22-25(5,11-9-23(34-18(4)29)26(22,6)14-32-16(2)27)20(15)13-21(33-17(3)28)19-10-12-31-24(19)30/h10,20-23H,1,7-9,11-14H2,2-6H3/t20-,21-,22-,23+,25+,26-/m0/s1. The van der Waals surface area contributed by atoms with Gasteiger partial charge in [-0.15, -0.1) is 0 Å². The highest BCUT2D eigenvalue weighted by Crippen LogP contribution is 2.62. The molecule has 0 spiro atoms. The summed E-state index contributed by atoms with van der Waals surface area (Å²) in [6.07, 6.45) is 3.89. The first-order valence-electron chi connectivity index (χ1n) is 11.9. The minimum Gasteiger partial charge on any atom is -0.465 e. The smallest absolute Gasteiger partial charge is 0.337 e. The molecule has 34 heavy (non-hydrogen) atoms. The van der Waals surface area contributed by atoms with Gasteiger partial charge in [0, 0.05) is 26.2 Å². The molecule has 1 aliphatic heterocycles. The second-order valence-corrected chi connectivity index (χ2v) is 10.3. The molecule has 6 atom stereocenters. The first-order chi connectivity index (χ1) is 15.9.